The first-order chi connectivity index (χ1) is 11.5. The molecule has 0 radical (unpaired) electrons. The number of carbonyl (C=O) groups is 2. The normalized spacial score (nSPS) is 14.1. The summed E-state index contributed by atoms with van der Waals surface area (Å²) in [5, 5.41) is 2.80. The van der Waals surface area contributed by atoms with Crippen molar-refractivity contribution >= 4 is 29.1 Å². The van der Waals surface area contributed by atoms with Gasteiger partial charge < -0.3 is 10.2 Å². The van der Waals surface area contributed by atoms with E-state index in [1.54, 1.807) is 12.1 Å². The van der Waals surface area contributed by atoms with Gasteiger partial charge in [-0.25, -0.2) is 4.39 Å². The van der Waals surface area contributed by atoms with Gasteiger partial charge >= 0.3 is 0 Å². The lowest BCUT2D eigenvalue weighted by molar-refractivity contribution is -0.128. The van der Waals surface area contributed by atoms with Gasteiger partial charge in [0.25, 0.3) is 5.91 Å². The molecular formula is C18H16ClFN2O2. The highest BCUT2D eigenvalue weighted by Gasteiger charge is 2.20. The number of rotatable bonds is 4. The molecule has 24 heavy (non-hydrogen) atoms. The van der Waals surface area contributed by atoms with Gasteiger partial charge in [-0.2, -0.15) is 0 Å². The molecule has 0 aromatic heterocycles. The van der Waals surface area contributed by atoms with Gasteiger partial charge in [-0.05, 0) is 42.3 Å². The largest absolute Gasteiger partial charge is 0.338 e. The van der Waals surface area contributed by atoms with Crippen LogP contribution in [0, 0.1) is 5.82 Å². The van der Waals surface area contributed by atoms with E-state index in [9.17, 15) is 14.0 Å². The maximum Gasteiger partial charge on any atom is 0.255 e. The third-order valence-electron chi connectivity index (χ3n) is 3.94. The molecule has 1 fully saturated rings. The van der Waals surface area contributed by atoms with Gasteiger partial charge in [0.05, 0.1) is 10.7 Å². The van der Waals surface area contributed by atoms with Crippen molar-refractivity contribution < 1.29 is 14.0 Å². The van der Waals surface area contributed by atoms with Crippen molar-refractivity contribution in [2.24, 2.45) is 0 Å². The predicted molar refractivity (Wildman–Crippen MR) is 90.5 cm³/mol. The van der Waals surface area contributed by atoms with Gasteiger partial charge in [0, 0.05) is 25.1 Å². The van der Waals surface area contributed by atoms with Crippen LogP contribution in [0.5, 0.6) is 0 Å². The van der Waals surface area contributed by atoms with E-state index >= 15 is 0 Å². The van der Waals surface area contributed by atoms with Gasteiger partial charge in [-0.1, -0.05) is 23.7 Å². The van der Waals surface area contributed by atoms with E-state index in [0.29, 0.717) is 24.2 Å². The number of amides is 2. The molecule has 6 heteroatoms. The number of likely N-dealkylation sites (tertiary alicyclic amines) is 1. The predicted octanol–water partition coefficient (Wildman–Crippen LogP) is 3.85. The monoisotopic (exact) mass is 346 g/mol. The summed E-state index contributed by atoms with van der Waals surface area (Å²) >= 11 is 5.90. The van der Waals surface area contributed by atoms with Crippen LogP contribution in [0.4, 0.5) is 10.1 Å². The smallest absolute Gasteiger partial charge is 0.255 e. The minimum absolute atomic E-state index is 0.146. The Labute approximate surface area is 144 Å². The van der Waals surface area contributed by atoms with Crippen molar-refractivity contribution in [1.29, 1.82) is 0 Å². The molecule has 124 valence electrons. The fourth-order valence-electron chi connectivity index (χ4n) is 2.64. The lowest BCUT2D eigenvalue weighted by atomic mass is 10.1. The van der Waals surface area contributed by atoms with E-state index in [1.165, 1.54) is 12.1 Å². The molecule has 1 N–H and O–H groups in total. The van der Waals surface area contributed by atoms with Gasteiger partial charge in [0.2, 0.25) is 5.91 Å². The Hall–Kier alpha value is -2.40. The molecule has 3 rings (SSSR count). The number of anilines is 1. The summed E-state index contributed by atoms with van der Waals surface area (Å²) in [7, 11) is 0. The molecule has 1 aliphatic rings. The highest BCUT2D eigenvalue weighted by Crippen LogP contribution is 2.23. The van der Waals surface area contributed by atoms with Crippen molar-refractivity contribution in [3.05, 3.63) is 64.4 Å². The van der Waals surface area contributed by atoms with Crippen molar-refractivity contribution in [3.8, 4) is 0 Å². The number of hydrogen-bond donors (Lipinski definition) is 1. The third-order valence-corrected chi connectivity index (χ3v) is 4.25. The van der Waals surface area contributed by atoms with Crippen LogP contribution in [0.2, 0.25) is 5.02 Å². The Morgan fingerprint density at radius 2 is 1.96 bits per heavy atom. The number of nitrogens with one attached hydrogen (secondary N) is 1. The molecule has 0 bridgehead atoms. The Morgan fingerprint density at radius 3 is 2.58 bits per heavy atom. The number of halogens is 2. The number of nitrogens with zero attached hydrogens (tertiary/aromatic N) is 1. The Bertz CT molecular complexity index is 777. The summed E-state index contributed by atoms with van der Waals surface area (Å²) in [6.07, 6.45) is 1.51. The highest BCUT2D eigenvalue weighted by molar-refractivity contribution is 6.33. The fourth-order valence-corrected chi connectivity index (χ4v) is 2.85. The molecule has 0 saturated carbocycles. The van der Waals surface area contributed by atoms with E-state index < -0.39 is 5.82 Å². The van der Waals surface area contributed by atoms with Crippen LogP contribution in [-0.2, 0) is 11.3 Å². The van der Waals surface area contributed by atoms with Crippen LogP contribution in [0.3, 0.4) is 0 Å². The van der Waals surface area contributed by atoms with Gasteiger partial charge in [0.15, 0.2) is 0 Å². The number of carbonyl (C=O) groups excluding carboxylic acids is 2. The average molecular weight is 347 g/mol. The van der Waals surface area contributed by atoms with Crippen LogP contribution in [0.15, 0.2) is 42.5 Å². The molecule has 1 saturated heterocycles. The molecule has 1 heterocycles. The van der Waals surface area contributed by atoms with Crippen molar-refractivity contribution in [1.82, 2.24) is 4.90 Å². The SMILES string of the molecule is O=C(Nc1ccc(F)cc1Cl)c1ccc(CN2CCCC2=O)cc1. The lowest BCUT2D eigenvalue weighted by Gasteiger charge is -2.15. The molecule has 2 amide bonds. The Balaban J connectivity index is 1.66. The second kappa shape index (κ2) is 7.01. The third kappa shape index (κ3) is 3.74. The fraction of sp³-hybridized carbons (Fsp3) is 0.222. The maximum atomic E-state index is 13.0. The van der Waals surface area contributed by atoms with Gasteiger partial charge in [-0.3, -0.25) is 9.59 Å². The summed E-state index contributed by atoms with van der Waals surface area (Å²) in [5.41, 5.74) is 1.79. The average Bonchev–Trinajstić information content (AvgIpc) is 2.96. The van der Waals surface area contributed by atoms with Crippen molar-refractivity contribution in [2.45, 2.75) is 19.4 Å². The number of hydrogen-bond acceptors (Lipinski definition) is 2. The summed E-state index contributed by atoms with van der Waals surface area (Å²) in [5.74, 6) is -0.617. The first kappa shape index (κ1) is 16.5. The molecule has 4 nitrogen and oxygen atoms in total. The van der Waals surface area contributed by atoms with Crippen molar-refractivity contribution in [2.75, 3.05) is 11.9 Å². The number of benzene rings is 2. The first-order valence-corrected chi connectivity index (χ1v) is 8.04. The summed E-state index contributed by atoms with van der Waals surface area (Å²) < 4.78 is 13.0. The van der Waals surface area contributed by atoms with Crippen molar-refractivity contribution in [3.63, 3.8) is 0 Å². The zero-order chi connectivity index (χ0) is 17.1. The molecular weight excluding hydrogens is 331 g/mol. The second-order valence-corrected chi connectivity index (χ2v) is 6.10. The first-order valence-electron chi connectivity index (χ1n) is 7.66. The van der Waals surface area contributed by atoms with Gasteiger partial charge in [0.1, 0.15) is 5.82 Å². The second-order valence-electron chi connectivity index (χ2n) is 5.69. The van der Waals surface area contributed by atoms with Crippen LogP contribution >= 0.6 is 11.6 Å². The van der Waals surface area contributed by atoms with Crippen LogP contribution in [0.25, 0.3) is 0 Å². The minimum atomic E-state index is -0.459. The zero-order valence-electron chi connectivity index (χ0n) is 12.9. The standard InChI is InChI=1S/C18H16ClFN2O2/c19-15-10-14(20)7-8-16(15)21-18(24)13-5-3-12(4-6-13)11-22-9-1-2-17(22)23/h3-8,10H,1-2,9,11H2,(H,21,24). The molecule has 1 aliphatic heterocycles. The Morgan fingerprint density at radius 1 is 1.21 bits per heavy atom. The van der Waals surface area contributed by atoms with E-state index in [4.69, 9.17) is 11.6 Å². The topological polar surface area (TPSA) is 49.4 Å². The zero-order valence-corrected chi connectivity index (χ0v) is 13.6. The highest BCUT2D eigenvalue weighted by atomic mass is 35.5. The minimum Gasteiger partial charge on any atom is -0.338 e. The lowest BCUT2D eigenvalue weighted by Crippen LogP contribution is -2.23. The van der Waals surface area contributed by atoms with Crippen LogP contribution in [-0.4, -0.2) is 23.3 Å². The molecule has 2 aromatic rings. The van der Waals surface area contributed by atoms with E-state index in [0.717, 1.165) is 24.6 Å². The van der Waals surface area contributed by atoms with E-state index in [2.05, 4.69) is 5.32 Å². The maximum absolute atomic E-state index is 13.0. The molecule has 0 atom stereocenters. The molecule has 2 aromatic carbocycles. The van der Waals surface area contributed by atoms with Crippen LogP contribution in [0.1, 0.15) is 28.8 Å². The summed E-state index contributed by atoms with van der Waals surface area (Å²) in [4.78, 5) is 25.7. The van der Waals surface area contributed by atoms with Gasteiger partial charge in [-0.15, -0.1) is 0 Å². The Kier molecular flexibility index (Phi) is 4.81. The molecule has 0 unspecified atom stereocenters. The van der Waals surface area contributed by atoms with Crippen LogP contribution < -0.4 is 5.32 Å². The molecule has 0 aliphatic carbocycles. The summed E-state index contributed by atoms with van der Waals surface area (Å²) in [6.45, 7) is 1.34. The van der Waals surface area contributed by atoms with E-state index in [-0.39, 0.29) is 16.8 Å². The summed E-state index contributed by atoms with van der Waals surface area (Å²) in [6, 6.07) is 10.8. The quantitative estimate of drug-likeness (QED) is 0.914. The molecule has 0 spiro atoms. The van der Waals surface area contributed by atoms with E-state index in [1.807, 2.05) is 17.0 Å².